The Morgan fingerprint density at radius 1 is 1.25 bits per heavy atom. The van der Waals surface area contributed by atoms with E-state index in [2.05, 4.69) is 20.0 Å². The summed E-state index contributed by atoms with van der Waals surface area (Å²) in [5.74, 6) is 0.352. The zero-order chi connectivity index (χ0) is 23.1. The lowest BCUT2D eigenvalue weighted by Crippen LogP contribution is -2.38. The molecule has 0 unspecified atom stereocenters. The van der Waals surface area contributed by atoms with E-state index in [-0.39, 0.29) is 36.6 Å². The van der Waals surface area contributed by atoms with Crippen LogP contribution in [0.25, 0.3) is 0 Å². The van der Waals surface area contributed by atoms with Gasteiger partial charge in [-0.05, 0) is 31.0 Å². The molecule has 3 rings (SSSR count). The number of aromatic nitrogens is 2. The number of hydrogen-bond donors (Lipinski definition) is 2. The Bertz CT molecular complexity index is 970. The molecule has 1 aromatic carbocycles. The van der Waals surface area contributed by atoms with Gasteiger partial charge in [0.05, 0.1) is 13.2 Å². The normalized spacial score (nSPS) is 14.3. The van der Waals surface area contributed by atoms with Crippen molar-refractivity contribution < 1.29 is 27.4 Å². The van der Waals surface area contributed by atoms with Crippen LogP contribution in [0.1, 0.15) is 23.2 Å². The quantitative estimate of drug-likeness (QED) is 0.634. The summed E-state index contributed by atoms with van der Waals surface area (Å²) in [7, 11) is 0. The Kier molecular flexibility index (Phi) is 7.73. The van der Waals surface area contributed by atoms with E-state index in [1.54, 1.807) is 19.1 Å². The van der Waals surface area contributed by atoms with Crippen molar-refractivity contribution in [3.8, 4) is 5.75 Å². The first-order valence-corrected chi connectivity index (χ1v) is 10.2. The zero-order valence-corrected chi connectivity index (χ0v) is 17.6. The van der Waals surface area contributed by atoms with Crippen molar-refractivity contribution in [1.82, 2.24) is 15.3 Å². The number of morpholine rings is 1. The number of benzene rings is 1. The molecule has 0 spiro atoms. The van der Waals surface area contributed by atoms with Gasteiger partial charge in [0.15, 0.2) is 6.61 Å². The van der Waals surface area contributed by atoms with Crippen LogP contribution in [0.3, 0.4) is 0 Å². The number of alkyl halides is 3. The van der Waals surface area contributed by atoms with Crippen LogP contribution < -0.4 is 20.5 Å². The van der Waals surface area contributed by atoms with Gasteiger partial charge in [0.2, 0.25) is 11.9 Å². The van der Waals surface area contributed by atoms with E-state index in [0.29, 0.717) is 49.1 Å². The van der Waals surface area contributed by atoms with Crippen molar-refractivity contribution in [3.63, 3.8) is 0 Å². The van der Waals surface area contributed by atoms with Gasteiger partial charge in [0.25, 0.3) is 5.56 Å². The highest BCUT2D eigenvalue weighted by molar-refractivity contribution is 5.76. The van der Waals surface area contributed by atoms with Crippen LogP contribution in [-0.4, -0.2) is 55.0 Å². The van der Waals surface area contributed by atoms with Crippen molar-refractivity contribution in [3.05, 3.63) is 51.4 Å². The van der Waals surface area contributed by atoms with Crippen molar-refractivity contribution >= 4 is 11.9 Å². The van der Waals surface area contributed by atoms with Crippen LogP contribution >= 0.6 is 0 Å². The fourth-order valence-corrected chi connectivity index (χ4v) is 3.21. The highest BCUT2D eigenvalue weighted by Gasteiger charge is 2.28. The molecule has 2 heterocycles. The Labute approximate surface area is 182 Å². The summed E-state index contributed by atoms with van der Waals surface area (Å²) >= 11 is 0. The maximum absolute atomic E-state index is 12.5. The number of nitrogens with zero attached hydrogens (tertiary/aromatic N) is 2. The van der Waals surface area contributed by atoms with Gasteiger partial charge in [0, 0.05) is 37.3 Å². The van der Waals surface area contributed by atoms with Crippen LogP contribution in [0, 0.1) is 6.92 Å². The fraction of sp³-hybridized carbons (Fsp3) is 0.476. The van der Waals surface area contributed by atoms with E-state index < -0.39 is 12.8 Å². The third kappa shape index (κ3) is 6.98. The third-order valence-corrected chi connectivity index (χ3v) is 4.94. The van der Waals surface area contributed by atoms with Crippen LogP contribution in [0.2, 0.25) is 0 Å². The molecule has 174 valence electrons. The highest BCUT2D eigenvalue weighted by atomic mass is 19.4. The van der Waals surface area contributed by atoms with Crippen LogP contribution in [-0.2, 0) is 22.5 Å². The molecule has 1 amide bonds. The Balaban J connectivity index is 1.48. The molecular weight excluding hydrogens is 429 g/mol. The SMILES string of the molecule is Cc1nc(N2CCOCC2)[nH]c(=O)c1CCC(=O)NCc1ccc(OCC(F)(F)F)cc1. The molecular formula is C21H25F3N4O4. The molecule has 0 bridgehead atoms. The van der Waals surface area contributed by atoms with Gasteiger partial charge in [-0.2, -0.15) is 13.2 Å². The Morgan fingerprint density at radius 3 is 2.56 bits per heavy atom. The second kappa shape index (κ2) is 10.5. The molecule has 0 atom stereocenters. The number of amides is 1. The van der Waals surface area contributed by atoms with Crippen molar-refractivity contribution in [2.75, 3.05) is 37.8 Å². The summed E-state index contributed by atoms with van der Waals surface area (Å²) in [5.41, 5.74) is 1.49. The maximum Gasteiger partial charge on any atom is 0.422 e. The van der Waals surface area contributed by atoms with E-state index in [1.807, 2.05) is 4.90 Å². The molecule has 32 heavy (non-hydrogen) atoms. The van der Waals surface area contributed by atoms with Gasteiger partial charge in [-0.1, -0.05) is 12.1 Å². The molecule has 11 heteroatoms. The number of halogens is 3. The third-order valence-electron chi connectivity index (χ3n) is 4.94. The van der Waals surface area contributed by atoms with Crippen LogP contribution in [0.5, 0.6) is 5.75 Å². The van der Waals surface area contributed by atoms with E-state index in [9.17, 15) is 22.8 Å². The minimum absolute atomic E-state index is 0.0973. The number of aromatic amines is 1. The van der Waals surface area contributed by atoms with E-state index >= 15 is 0 Å². The van der Waals surface area contributed by atoms with Gasteiger partial charge in [-0.3, -0.25) is 14.6 Å². The molecule has 0 aliphatic carbocycles. The highest BCUT2D eigenvalue weighted by Crippen LogP contribution is 2.19. The number of hydrogen-bond acceptors (Lipinski definition) is 6. The van der Waals surface area contributed by atoms with Gasteiger partial charge in [-0.25, -0.2) is 4.98 Å². The maximum atomic E-state index is 12.5. The molecule has 0 saturated carbocycles. The fourth-order valence-electron chi connectivity index (χ4n) is 3.21. The molecule has 2 aromatic rings. The predicted molar refractivity (Wildman–Crippen MR) is 111 cm³/mol. The number of rotatable bonds is 8. The number of anilines is 1. The van der Waals surface area contributed by atoms with Crippen molar-refractivity contribution in [2.24, 2.45) is 0 Å². The van der Waals surface area contributed by atoms with Gasteiger partial charge >= 0.3 is 6.18 Å². The first-order chi connectivity index (χ1) is 15.2. The molecule has 1 aromatic heterocycles. The number of carbonyl (C=O) groups is 1. The topological polar surface area (TPSA) is 96.6 Å². The summed E-state index contributed by atoms with van der Waals surface area (Å²) in [6.07, 6.45) is -4.05. The summed E-state index contributed by atoms with van der Waals surface area (Å²) in [5, 5.41) is 2.73. The molecule has 1 saturated heterocycles. The van der Waals surface area contributed by atoms with Gasteiger partial charge < -0.3 is 19.7 Å². The first-order valence-electron chi connectivity index (χ1n) is 10.2. The van der Waals surface area contributed by atoms with Crippen LogP contribution in [0.15, 0.2) is 29.1 Å². The number of carbonyl (C=O) groups excluding carboxylic acids is 1. The van der Waals surface area contributed by atoms with E-state index in [4.69, 9.17) is 4.74 Å². The Hall–Kier alpha value is -3.08. The number of H-pyrrole nitrogens is 1. The summed E-state index contributed by atoms with van der Waals surface area (Å²) < 4.78 is 46.5. The van der Waals surface area contributed by atoms with E-state index in [0.717, 1.165) is 0 Å². The monoisotopic (exact) mass is 454 g/mol. The smallest absolute Gasteiger partial charge is 0.422 e. The largest absolute Gasteiger partial charge is 0.484 e. The lowest BCUT2D eigenvalue weighted by Gasteiger charge is -2.27. The standard InChI is InChI=1S/C21H25F3N4O4/c1-14-17(19(30)27-20(26-14)28-8-10-31-11-9-28)6-7-18(29)25-12-15-2-4-16(5-3-15)32-13-21(22,23)24/h2-5H,6-13H2,1H3,(H,25,29)(H,26,27,30). The lowest BCUT2D eigenvalue weighted by molar-refractivity contribution is -0.153. The lowest BCUT2D eigenvalue weighted by atomic mass is 10.1. The summed E-state index contributed by atoms with van der Waals surface area (Å²) in [6.45, 7) is 3.06. The molecule has 1 aliphatic rings. The zero-order valence-electron chi connectivity index (χ0n) is 17.6. The van der Waals surface area contributed by atoms with Gasteiger partial charge in [0.1, 0.15) is 5.75 Å². The van der Waals surface area contributed by atoms with Crippen molar-refractivity contribution in [2.45, 2.75) is 32.5 Å². The van der Waals surface area contributed by atoms with Crippen molar-refractivity contribution in [1.29, 1.82) is 0 Å². The second-order valence-electron chi connectivity index (χ2n) is 7.38. The molecule has 8 nitrogen and oxygen atoms in total. The van der Waals surface area contributed by atoms with Gasteiger partial charge in [-0.15, -0.1) is 0 Å². The average Bonchev–Trinajstić information content (AvgIpc) is 2.76. The summed E-state index contributed by atoms with van der Waals surface area (Å²) in [6, 6.07) is 5.99. The first kappa shape index (κ1) is 23.6. The molecule has 0 radical (unpaired) electrons. The second-order valence-corrected chi connectivity index (χ2v) is 7.38. The molecule has 2 N–H and O–H groups in total. The predicted octanol–water partition coefficient (Wildman–Crippen LogP) is 2.11. The number of aryl methyl sites for hydroxylation is 1. The van der Waals surface area contributed by atoms with E-state index in [1.165, 1.54) is 12.1 Å². The number of nitrogens with one attached hydrogen (secondary N) is 2. The van der Waals surface area contributed by atoms with Crippen LogP contribution in [0.4, 0.5) is 19.1 Å². The minimum Gasteiger partial charge on any atom is -0.484 e. The number of ether oxygens (including phenoxy) is 2. The molecule has 1 fully saturated rings. The average molecular weight is 454 g/mol. The summed E-state index contributed by atoms with van der Waals surface area (Å²) in [4.78, 5) is 33.9. The molecule has 1 aliphatic heterocycles. The Morgan fingerprint density at radius 2 is 1.94 bits per heavy atom. The minimum atomic E-state index is -4.40.